The molecule has 118 valence electrons. The van der Waals surface area contributed by atoms with Crippen LogP contribution < -0.4 is 5.73 Å². The van der Waals surface area contributed by atoms with Crippen LogP contribution in [0.4, 0.5) is 5.69 Å². The lowest BCUT2D eigenvalue weighted by atomic mass is 9.84. The van der Waals surface area contributed by atoms with Gasteiger partial charge in [0.25, 0.3) is 5.91 Å². The first-order valence-corrected chi connectivity index (χ1v) is 8.08. The predicted molar refractivity (Wildman–Crippen MR) is 85.1 cm³/mol. The van der Waals surface area contributed by atoms with Gasteiger partial charge in [0.1, 0.15) is 5.69 Å². The van der Waals surface area contributed by atoms with E-state index in [2.05, 4.69) is 12.0 Å². The summed E-state index contributed by atoms with van der Waals surface area (Å²) in [5, 5.41) is 4.35. The number of nitrogens with zero attached hydrogens (tertiary/aromatic N) is 3. The molecule has 1 aromatic heterocycles. The number of aromatic nitrogens is 2. The smallest absolute Gasteiger partial charge is 0.274 e. The van der Waals surface area contributed by atoms with Gasteiger partial charge in [-0.25, -0.2) is 0 Å². The summed E-state index contributed by atoms with van der Waals surface area (Å²) < 4.78 is 1.63. The molecule has 0 saturated heterocycles. The summed E-state index contributed by atoms with van der Waals surface area (Å²) in [6, 6.07) is 0.333. The van der Waals surface area contributed by atoms with Crippen molar-refractivity contribution in [1.29, 1.82) is 0 Å². The molecule has 1 saturated carbocycles. The van der Waals surface area contributed by atoms with Gasteiger partial charge in [-0.05, 0) is 38.0 Å². The molecule has 5 heteroatoms. The summed E-state index contributed by atoms with van der Waals surface area (Å²) >= 11 is 0. The Labute approximate surface area is 127 Å². The Morgan fingerprint density at radius 1 is 1.33 bits per heavy atom. The molecule has 0 radical (unpaired) electrons. The number of hydrogen-bond donors (Lipinski definition) is 1. The maximum Gasteiger partial charge on any atom is 0.274 e. The highest BCUT2D eigenvalue weighted by Crippen LogP contribution is 2.30. The summed E-state index contributed by atoms with van der Waals surface area (Å²) in [6.07, 6.45) is 6.63. The Kier molecular flexibility index (Phi) is 4.91. The Balaban J connectivity index is 2.11. The standard InChI is InChI=1S/C16H28N4O/c1-5-11-7-9-12(10-8-11)19(3)16(21)15-14(17)13(6-2)18-20(15)4/h11-12H,5-10,17H2,1-4H3. The minimum atomic E-state index is 0.00199. The minimum absolute atomic E-state index is 0.00199. The van der Waals surface area contributed by atoms with E-state index in [4.69, 9.17) is 5.73 Å². The molecule has 0 aliphatic heterocycles. The van der Waals surface area contributed by atoms with Gasteiger partial charge in [0, 0.05) is 20.1 Å². The average molecular weight is 292 g/mol. The highest BCUT2D eigenvalue weighted by molar-refractivity contribution is 5.98. The number of hydrogen-bond acceptors (Lipinski definition) is 3. The maximum atomic E-state index is 12.8. The molecule has 21 heavy (non-hydrogen) atoms. The van der Waals surface area contributed by atoms with Gasteiger partial charge in [0.2, 0.25) is 0 Å². The van der Waals surface area contributed by atoms with Gasteiger partial charge >= 0.3 is 0 Å². The number of nitrogen functional groups attached to an aromatic ring is 1. The van der Waals surface area contributed by atoms with Crippen molar-refractivity contribution in [1.82, 2.24) is 14.7 Å². The monoisotopic (exact) mass is 292 g/mol. The van der Waals surface area contributed by atoms with Crippen molar-refractivity contribution >= 4 is 11.6 Å². The van der Waals surface area contributed by atoms with Crippen LogP contribution in [0.25, 0.3) is 0 Å². The Hall–Kier alpha value is -1.52. The molecule has 0 aromatic carbocycles. The highest BCUT2D eigenvalue weighted by atomic mass is 16.2. The minimum Gasteiger partial charge on any atom is -0.395 e. The number of rotatable bonds is 4. The van der Waals surface area contributed by atoms with Crippen LogP contribution in [-0.2, 0) is 13.5 Å². The molecule has 2 rings (SSSR count). The lowest BCUT2D eigenvalue weighted by molar-refractivity contribution is 0.0665. The molecular formula is C16H28N4O. The van der Waals surface area contributed by atoms with Crippen molar-refractivity contribution in [3.8, 4) is 0 Å². The van der Waals surface area contributed by atoms with Crippen molar-refractivity contribution in [3.63, 3.8) is 0 Å². The molecule has 5 nitrogen and oxygen atoms in total. The molecule has 0 unspecified atom stereocenters. The number of anilines is 1. The average Bonchev–Trinajstić information content (AvgIpc) is 2.80. The quantitative estimate of drug-likeness (QED) is 0.927. The van der Waals surface area contributed by atoms with Gasteiger partial charge in [-0.1, -0.05) is 20.3 Å². The third-order valence-electron chi connectivity index (χ3n) is 4.96. The molecule has 1 aliphatic carbocycles. The van der Waals surface area contributed by atoms with Crippen molar-refractivity contribution in [2.45, 2.75) is 58.4 Å². The van der Waals surface area contributed by atoms with Crippen molar-refractivity contribution in [3.05, 3.63) is 11.4 Å². The molecule has 1 fully saturated rings. The first kappa shape index (κ1) is 15.9. The van der Waals surface area contributed by atoms with Crippen molar-refractivity contribution < 1.29 is 4.79 Å². The van der Waals surface area contributed by atoms with E-state index in [9.17, 15) is 4.79 Å². The van der Waals surface area contributed by atoms with Crippen LogP contribution in [0.15, 0.2) is 0 Å². The van der Waals surface area contributed by atoms with Crippen molar-refractivity contribution in [2.75, 3.05) is 12.8 Å². The molecule has 0 bridgehead atoms. The van der Waals surface area contributed by atoms with Gasteiger partial charge in [0.15, 0.2) is 0 Å². The zero-order valence-corrected chi connectivity index (χ0v) is 13.7. The van der Waals surface area contributed by atoms with Crippen LogP contribution in [0.3, 0.4) is 0 Å². The fourth-order valence-electron chi connectivity index (χ4n) is 3.38. The molecule has 1 amide bonds. The largest absolute Gasteiger partial charge is 0.395 e. The zero-order chi connectivity index (χ0) is 15.6. The Morgan fingerprint density at radius 3 is 2.43 bits per heavy atom. The van der Waals surface area contributed by atoms with Gasteiger partial charge in [-0.2, -0.15) is 5.10 Å². The van der Waals surface area contributed by atoms with Crippen LogP contribution in [-0.4, -0.2) is 33.7 Å². The van der Waals surface area contributed by atoms with E-state index in [1.807, 2.05) is 18.9 Å². The second-order valence-corrected chi connectivity index (χ2v) is 6.18. The van der Waals surface area contributed by atoms with Crippen LogP contribution in [0, 0.1) is 5.92 Å². The summed E-state index contributed by atoms with van der Waals surface area (Å²) in [7, 11) is 3.70. The van der Waals surface area contributed by atoms with Crippen molar-refractivity contribution in [2.24, 2.45) is 13.0 Å². The lowest BCUT2D eigenvalue weighted by Crippen LogP contribution is -2.40. The first-order valence-electron chi connectivity index (χ1n) is 8.08. The summed E-state index contributed by atoms with van der Waals surface area (Å²) in [6.45, 7) is 4.26. The first-order chi connectivity index (χ1) is 9.99. The van der Waals surface area contributed by atoms with Gasteiger partial charge < -0.3 is 10.6 Å². The SMILES string of the molecule is CCc1nn(C)c(C(=O)N(C)C2CCC(CC)CC2)c1N. The molecule has 1 aromatic rings. The van der Waals surface area contributed by atoms with E-state index in [0.29, 0.717) is 17.4 Å². The molecule has 0 spiro atoms. The Bertz CT molecular complexity index is 501. The number of carbonyl (C=O) groups is 1. The summed E-state index contributed by atoms with van der Waals surface area (Å²) in [4.78, 5) is 14.6. The topological polar surface area (TPSA) is 64.2 Å². The molecule has 2 N–H and O–H groups in total. The normalized spacial score (nSPS) is 22.3. The fraction of sp³-hybridized carbons (Fsp3) is 0.750. The van der Waals surface area contributed by atoms with E-state index in [0.717, 1.165) is 30.9 Å². The molecule has 1 aliphatic rings. The number of aryl methyl sites for hydroxylation is 2. The second kappa shape index (κ2) is 6.50. The lowest BCUT2D eigenvalue weighted by Gasteiger charge is -2.34. The second-order valence-electron chi connectivity index (χ2n) is 6.18. The molecule has 1 heterocycles. The van der Waals surface area contributed by atoms with Gasteiger partial charge in [0.05, 0.1) is 11.4 Å². The van der Waals surface area contributed by atoms with E-state index >= 15 is 0 Å². The highest BCUT2D eigenvalue weighted by Gasteiger charge is 2.29. The van der Waals surface area contributed by atoms with E-state index < -0.39 is 0 Å². The maximum absolute atomic E-state index is 12.8. The third-order valence-corrected chi connectivity index (χ3v) is 4.96. The van der Waals surface area contributed by atoms with Gasteiger partial charge in [-0.15, -0.1) is 0 Å². The van der Waals surface area contributed by atoms with E-state index in [-0.39, 0.29) is 5.91 Å². The van der Waals surface area contributed by atoms with Crippen LogP contribution in [0.1, 0.15) is 62.1 Å². The zero-order valence-electron chi connectivity index (χ0n) is 13.7. The molecule has 0 atom stereocenters. The van der Waals surface area contributed by atoms with E-state index in [1.54, 1.807) is 11.7 Å². The predicted octanol–water partition coefficient (Wildman–Crippen LogP) is 2.61. The van der Waals surface area contributed by atoms with Gasteiger partial charge in [-0.3, -0.25) is 9.48 Å². The summed E-state index contributed by atoms with van der Waals surface area (Å²) in [5.74, 6) is 0.834. The third kappa shape index (κ3) is 3.06. The summed E-state index contributed by atoms with van der Waals surface area (Å²) in [5.41, 5.74) is 7.98. The van der Waals surface area contributed by atoms with Crippen LogP contribution in [0.2, 0.25) is 0 Å². The Morgan fingerprint density at radius 2 is 1.95 bits per heavy atom. The number of nitrogens with two attached hydrogens (primary N) is 1. The number of amides is 1. The van der Waals surface area contributed by atoms with Crippen LogP contribution in [0.5, 0.6) is 0 Å². The van der Waals surface area contributed by atoms with E-state index in [1.165, 1.54) is 19.3 Å². The fourth-order valence-corrected chi connectivity index (χ4v) is 3.38. The number of carbonyl (C=O) groups excluding carboxylic acids is 1. The molecular weight excluding hydrogens is 264 g/mol. The van der Waals surface area contributed by atoms with Crippen LogP contribution >= 0.6 is 0 Å².